The zero-order chi connectivity index (χ0) is 23.3. The van der Waals surface area contributed by atoms with E-state index < -0.39 is 0 Å². The third-order valence-corrected chi connectivity index (χ3v) is 9.27. The van der Waals surface area contributed by atoms with Gasteiger partial charge in [0.25, 0.3) is 5.91 Å². The largest absolute Gasteiger partial charge is 0.451 e. The Morgan fingerprint density at radius 2 is 1.85 bits per heavy atom. The van der Waals surface area contributed by atoms with E-state index in [9.17, 15) is 9.18 Å². The summed E-state index contributed by atoms with van der Waals surface area (Å²) < 4.78 is 20.5. The van der Waals surface area contributed by atoms with Crippen molar-refractivity contribution in [3.63, 3.8) is 0 Å². The van der Waals surface area contributed by atoms with E-state index >= 15 is 0 Å². The lowest BCUT2D eigenvalue weighted by atomic mass is 10.0. The topological polar surface area (TPSA) is 68.0 Å². The van der Waals surface area contributed by atoms with E-state index in [-0.39, 0.29) is 11.7 Å². The van der Waals surface area contributed by atoms with Crippen molar-refractivity contribution in [2.45, 2.75) is 53.2 Å². The van der Waals surface area contributed by atoms with Crippen molar-refractivity contribution in [2.75, 3.05) is 5.32 Å². The molecule has 1 N–H and O–H groups in total. The molecule has 0 spiro atoms. The second-order valence-corrected chi connectivity index (χ2v) is 11.7. The van der Waals surface area contributed by atoms with E-state index in [4.69, 9.17) is 4.42 Å². The number of halogens is 1. The Bertz CT molecular complexity index is 1280. The molecule has 0 radical (unpaired) electrons. The van der Waals surface area contributed by atoms with Crippen LogP contribution in [0.25, 0.3) is 11.0 Å². The first-order valence-electron chi connectivity index (χ1n) is 11.3. The SMILES string of the molecule is O=C(Nc1nnc(SCc2ccccc2F)s1)c1oc2ccccc2c1CSC1CCCCC1. The second-order valence-electron chi connectivity index (χ2n) is 8.18. The van der Waals surface area contributed by atoms with E-state index in [0.717, 1.165) is 16.7 Å². The summed E-state index contributed by atoms with van der Waals surface area (Å²) in [6.07, 6.45) is 6.36. The number of para-hydroxylation sites is 1. The number of hydrogen-bond donors (Lipinski definition) is 1. The van der Waals surface area contributed by atoms with Gasteiger partial charge in [-0.25, -0.2) is 4.39 Å². The van der Waals surface area contributed by atoms with Crippen LogP contribution in [-0.4, -0.2) is 21.4 Å². The maximum absolute atomic E-state index is 13.8. The number of carbonyl (C=O) groups excluding carboxylic acids is 1. The summed E-state index contributed by atoms with van der Waals surface area (Å²) in [5.74, 6) is 0.958. The summed E-state index contributed by atoms with van der Waals surface area (Å²) in [7, 11) is 0. The molecule has 5 nitrogen and oxygen atoms in total. The highest BCUT2D eigenvalue weighted by molar-refractivity contribution is 8.00. The number of hydrogen-bond acceptors (Lipinski definition) is 7. The molecule has 176 valence electrons. The highest BCUT2D eigenvalue weighted by Crippen LogP contribution is 2.36. The number of rotatable bonds is 8. The summed E-state index contributed by atoms with van der Waals surface area (Å²) in [5, 5.41) is 13.1. The molecule has 0 saturated heterocycles. The molecule has 0 unspecified atom stereocenters. The number of furan rings is 1. The number of fused-ring (bicyclic) bond motifs is 1. The third-order valence-electron chi connectivity index (χ3n) is 5.86. The lowest BCUT2D eigenvalue weighted by Gasteiger charge is -2.20. The molecule has 2 aromatic heterocycles. The molecule has 4 aromatic rings. The molecule has 1 fully saturated rings. The van der Waals surface area contributed by atoms with Gasteiger partial charge in [0, 0.05) is 27.7 Å². The van der Waals surface area contributed by atoms with E-state index in [1.807, 2.05) is 42.1 Å². The van der Waals surface area contributed by atoms with Crippen molar-refractivity contribution in [3.05, 3.63) is 71.2 Å². The summed E-state index contributed by atoms with van der Waals surface area (Å²) in [5.41, 5.74) is 2.25. The van der Waals surface area contributed by atoms with Gasteiger partial charge in [-0.3, -0.25) is 10.1 Å². The lowest BCUT2D eigenvalue weighted by molar-refractivity contribution is 0.0997. The van der Waals surface area contributed by atoms with Crippen LogP contribution in [0.1, 0.15) is 53.8 Å². The third kappa shape index (κ3) is 5.47. The first-order valence-corrected chi connectivity index (χ1v) is 14.2. The molecule has 1 saturated carbocycles. The fourth-order valence-corrected chi connectivity index (χ4v) is 7.17. The Labute approximate surface area is 209 Å². The molecule has 2 aromatic carbocycles. The summed E-state index contributed by atoms with van der Waals surface area (Å²) >= 11 is 4.58. The number of nitrogens with one attached hydrogen (secondary N) is 1. The molecular formula is C25H24FN3O2S3. The normalized spacial score (nSPS) is 14.5. The zero-order valence-corrected chi connectivity index (χ0v) is 20.9. The van der Waals surface area contributed by atoms with Gasteiger partial charge in [0.2, 0.25) is 5.13 Å². The molecular weight excluding hydrogens is 489 g/mol. The molecule has 0 aliphatic heterocycles. The lowest BCUT2D eigenvalue weighted by Crippen LogP contribution is -2.13. The molecule has 0 bridgehead atoms. The standard InChI is InChI=1S/C25H24FN3O2S3/c26-20-12-6-4-8-16(20)14-33-25-29-28-24(34-25)27-23(30)22-19(15-32-17-9-2-1-3-10-17)18-11-5-7-13-21(18)31-22/h4-8,11-13,17H,1-3,9-10,14-15H2,(H,27,28,30). The van der Waals surface area contributed by atoms with Gasteiger partial charge in [0.05, 0.1) is 0 Å². The quantitative estimate of drug-likeness (QED) is 0.194. The number of amides is 1. The van der Waals surface area contributed by atoms with Gasteiger partial charge >= 0.3 is 0 Å². The molecule has 1 aliphatic rings. The van der Waals surface area contributed by atoms with Crippen molar-refractivity contribution < 1.29 is 13.6 Å². The van der Waals surface area contributed by atoms with Crippen LogP contribution in [0.3, 0.4) is 0 Å². The maximum Gasteiger partial charge on any atom is 0.293 e. The highest BCUT2D eigenvalue weighted by Gasteiger charge is 2.23. The second kappa shape index (κ2) is 10.9. The molecule has 9 heteroatoms. The van der Waals surface area contributed by atoms with Crippen LogP contribution >= 0.6 is 34.9 Å². The van der Waals surface area contributed by atoms with Crippen LogP contribution in [-0.2, 0) is 11.5 Å². The van der Waals surface area contributed by atoms with Crippen LogP contribution in [0, 0.1) is 5.82 Å². The molecule has 1 aliphatic carbocycles. The van der Waals surface area contributed by atoms with E-state index in [1.165, 1.54) is 61.3 Å². The van der Waals surface area contributed by atoms with Gasteiger partial charge in [0.1, 0.15) is 11.4 Å². The fourth-order valence-electron chi connectivity index (χ4n) is 4.09. The van der Waals surface area contributed by atoms with Gasteiger partial charge in [0.15, 0.2) is 10.1 Å². The Morgan fingerprint density at radius 1 is 1.06 bits per heavy atom. The average Bonchev–Trinajstić information content (AvgIpc) is 3.47. The molecule has 5 rings (SSSR count). The monoisotopic (exact) mass is 513 g/mol. The van der Waals surface area contributed by atoms with Crippen LogP contribution in [0.5, 0.6) is 0 Å². The van der Waals surface area contributed by atoms with E-state index in [1.54, 1.807) is 12.1 Å². The van der Waals surface area contributed by atoms with E-state index in [0.29, 0.717) is 37.4 Å². The Hall–Kier alpha value is -2.36. The van der Waals surface area contributed by atoms with E-state index in [2.05, 4.69) is 15.5 Å². The zero-order valence-electron chi connectivity index (χ0n) is 18.5. The smallest absolute Gasteiger partial charge is 0.293 e. The van der Waals surface area contributed by atoms with Crippen molar-refractivity contribution in [1.29, 1.82) is 0 Å². The van der Waals surface area contributed by atoms with Crippen molar-refractivity contribution in [1.82, 2.24) is 10.2 Å². The number of anilines is 1. The van der Waals surface area contributed by atoms with Crippen LogP contribution in [0.2, 0.25) is 0 Å². The number of benzene rings is 2. The number of thioether (sulfide) groups is 2. The van der Waals surface area contributed by atoms with Crippen LogP contribution in [0.15, 0.2) is 57.3 Å². The first kappa shape index (κ1) is 23.4. The Kier molecular flexibility index (Phi) is 7.51. The van der Waals surface area contributed by atoms with Gasteiger partial charge < -0.3 is 4.42 Å². The first-order chi connectivity index (χ1) is 16.7. The molecule has 34 heavy (non-hydrogen) atoms. The number of aromatic nitrogens is 2. The van der Waals surface area contributed by atoms with Crippen molar-refractivity contribution in [2.24, 2.45) is 0 Å². The predicted octanol–water partition coefficient (Wildman–Crippen LogP) is 7.53. The van der Waals surface area contributed by atoms with Gasteiger partial charge in [-0.05, 0) is 30.5 Å². The minimum atomic E-state index is -0.322. The Balaban J connectivity index is 1.28. The number of carbonyl (C=O) groups is 1. The Morgan fingerprint density at radius 3 is 2.71 bits per heavy atom. The minimum absolute atomic E-state index is 0.239. The van der Waals surface area contributed by atoms with Crippen molar-refractivity contribution >= 4 is 56.9 Å². The van der Waals surface area contributed by atoms with Gasteiger partial charge in [-0.2, -0.15) is 11.8 Å². The predicted molar refractivity (Wildman–Crippen MR) is 138 cm³/mol. The van der Waals surface area contributed by atoms with Crippen LogP contribution in [0.4, 0.5) is 9.52 Å². The molecule has 1 amide bonds. The number of nitrogens with zero attached hydrogens (tertiary/aromatic N) is 2. The fraction of sp³-hybridized carbons (Fsp3) is 0.320. The summed E-state index contributed by atoms with van der Waals surface area (Å²) in [6, 6.07) is 14.5. The summed E-state index contributed by atoms with van der Waals surface area (Å²) in [6.45, 7) is 0. The maximum atomic E-state index is 13.8. The highest BCUT2D eigenvalue weighted by atomic mass is 32.2. The minimum Gasteiger partial charge on any atom is -0.451 e. The van der Waals surface area contributed by atoms with Crippen LogP contribution < -0.4 is 5.32 Å². The molecule has 2 heterocycles. The summed E-state index contributed by atoms with van der Waals surface area (Å²) in [4.78, 5) is 13.2. The average molecular weight is 514 g/mol. The molecule has 0 atom stereocenters. The van der Waals surface area contributed by atoms with Crippen molar-refractivity contribution in [3.8, 4) is 0 Å². The van der Waals surface area contributed by atoms with Gasteiger partial charge in [-0.15, -0.1) is 10.2 Å². The van der Waals surface area contributed by atoms with Gasteiger partial charge in [-0.1, -0.05) is 78.8 Å².